The highest BCUT2D eigenvalue weighted by Crippen LogP contribution is 2.60. The lowest BCUT2D eigenvalue weighted by atomic mass is 9.66. The Hall–Kier alpha value is -9.50. The summed E-state index contributed by atoms with van der Waals surface area (Å²) in [6.07, 6.45) is 11.6. The molecule has 1 atom stereocenters. The van der Waals surface area contributed by atoms with Crippen molar-refractivity contribution in [3.05, 3.63) is 336 Å². The number of allylic oxidation sites excluding steroid dienone is 4. The van der Waals surface area contributed by atoms with E-state index in [9.17, 15) is 0 Å². The van der Waals surface area contributed by atoms with Crippen LogP contribution in [0.2, 0.25) is 0 Å². The molecule has 0 radical (unpaired) electrons. The summed E-state index contributed by atoms with van der Waals surface area (Å²) in [7, 11) is 0. The van der Waals surface area contributed by atoms with Gasteiger partial charge in [-0.2, -0.15) is 0 Å². The van der Waals surface area contributed by atoms with E-state index in [2.05, 4.69) is 301 Å². The fourth-order valence-electron chi connectivity index (χ4n) is 13.5. The van der Waals surface area contributed by atoms with Crippen LogP contribution in [0.1, 0.15) is 51.8 Å². The van der Waals surface area contributed by atoms with Gasteiger partial charge in [0.15, 0.2) is 0 Å². The van der Waals surface area contributed by atoms with Crippen LogP contribution < -0.4 is 4.90 Å². The van der Waals surface area contributed by atoms with Gasteiger partial charge in [-0.15, -0.1) is 0 Å². The van der Waals surface area contributed by atoms with Gasteiger partial charge in [-0.25, -0.2) is 0 Å². The van der Waals surface area contributed by atoms with E-state index in [-0.39, 0.29) is 0 Å². The van der Waals surface area contributed by atoms with Crippen LogP contribution in [0.5, 0.6) is 0 Å². The van der Waals surface area contributed by atoms with Gasteiger partial charge in [0.2, 0.25) is 0 Å². The van der Waals surface area contributed by atoms with Gasteiger partial charge in [0, 0.05) is 34.3 Å². The molecule has 0 saturated carbocycles. The maximum Gasteiger partial charge on any atom is 0.0715 e. The molecule has 2 heteroatoms. The van der Waals surface area contributed by atoms with Crippen LogP contribution in [-0.4, -0.2) is 4.57 Å². The molecular formula is C74H52N2. The van der Waals surface area contributed by atoms with Crippen LogP contribution in [0.15, 0.2) is 297 Å². The third-order valence-corrected chi connectivity index (χ3v) is 16.8. The van der Waals surface area contributed by atoms with Crippen LogP contribution in [0.25, 0.3) is 60.7 Å². The van der Waals surface area contributed by atoms with E-state index < -0.39 is 10.8 Å². The minimum atomic E-state index is -0.653. The number of hydrogen-bond donors (Lipinski definition) is 0. The third-order valence-electron chi connectivity index (χ3n) is 16.8. The quantitative estimate of drug-likeness (QED) is 0.140. The first-order chi connectivity index (χ1) is 37.7. The van der Waals surface area contributed by atoms with Crippen molar-refractivity contribution in [1.29, 1.82) is 0 Å². The Morgan fingerprint density at radius 1 is 0.355 bits per heavy atom. The molecule has 12 aromatic rings. The molecule has 15 rings (SSSR count). The highest BCUT2D eigenvalue weighted by Gasteiger charge is 2.49. The van der Waals surface area contributed by atoms with E-state index in [1.165, 1.54) is 99.6 Å². The summed E-state index contributed by atoms with van der Waals surface area (Å²) in [5.41, 5.74) is 22.1. The van der Waals surface area contributed by atoms with Crippen LogP contribution in [0.4, 0.5) is 17.1 Å². The van der Waals surface area contributed by atoms with Gasteiger partial charge >= 0.3 is 0 Å². The third kappa shape index (κ3) is 6.53. The van der Waals surface area contributed by atoms with E-state index in [0.717, 1.165) is 35.6 Å². The maximum atomic E-state index is 2.51. The maximum absolute atomic E-state index is 2.51. The van der Waals surface area contributed by atoms with E-state index in [1.807, 2.05) is 0 Å². The minimum absolute atomic E-state index is 0.506. The number of aromatic nitrogens is 1. The topological polar surface area (TPSA) is 8.17 Å². The van der Waals surface area contributed by atoms with Crippen molar-refractivity contribution >= 4 is 38.7 Å². The van der Waals surface area contributed by atoms with Crippen molar-refractivity contribution in [3.63, 3.8) is 0 Å². The van der Waals surface area contributed by atoms with E-state index in [4.69, 9.17) is 0 Å². The van der Waals surface area contributed by atoms with Crippen molar-refractivity contribution in [2.75, 3.05) is 4.90 Å². The summed E-state index contributed by atoms with van der Waals surface area (Å²) in [4.78, 5) is 2.50. The Morgan fingerprint density at radius 3 is 1.54 bits per heavy atom. The number of fused-ring (bicyclic) bond motifs is 9. The van der Waals surface area contributed by atoms with Gasteiger partial charge in [-0.1, -0.05) is 224 Å². The summed E-state index contributed by atoms with van der Waals surface area (Å²) in [5.74, 6) is 0. The second-order valence-electron chi connectivity index (χ2n) is 20.6. The highest BCUT2D eigenvalue weighted by atomic mass is 15.1. The average Bonchev–Trinajstić information content (AvgIpc) is 4.35. The molecule has 0 bridgehead atoms. The summed E-state index contributed by atoms with van der Waals surface area (Å²) >= 11 is 0. The molecule has 0 amide bonds. The van der Waals surface area contributed by atoms with Crippen molar-refractivity contribution in [2.45, 2.75) is 23.7 Å². The first kappa shape index (κ1) is 44.0. The average molecular weight is 969 g/mol. The Bertz CT molecular complexity index is 4220. The molecule has 0 spiro atoms. The molecule has 0 N–H and O–H groups in total. The smallest absolute Gasteiger partial charge is 0.0715 e. The van der Waals surface area contributed by atoms with Gasteiger partial charge in [0.05, 0.1) is 16.3 Å². The van der Waals surface area contributed by atoms with E-state index >= 15 is 0 Å². The van der Waals surface area contributed by atoms with Gasteiger partial charge in [-0.05, 0) is 162 Å². The number of hydrogen-bond acceptors (Lipinski definition) is 1. The van der Waals surface area contributed by atoms with E-state index in [1.54, 1.807) is 0 Å². The highest BCUT2D eigenvalue weighted by molar-refractivity contribution is 6.07. The predicted octanol–water partition coefficient (Wildman–Crippen LogP) is 18.9. The van der Waals surface area contributed by atoms with Crippen LogP contribution in [0, 0.1) is 0 Å². The second-order valence-corrected chi connectivity index (χ2v) is 20.6. The lowest BCUT2D eigenvalue weighted by molar-refractivity contribution is 0.751. The van der Waals surface area contributed by atoms with Crippen molar-refractivity contribution in [1.82, 2.24) is 4.57 Å². The van der Waals surface area contributed by atoms with Crippen LogP contribution in [0.3, 0.4) is 0 Å². The molecule has 3 aliphatic carbocycles. The zero-order chi connectivity index (χ0) is 50.2. The Balaban J connectivity index is 0.974. The fourth-order valence-corrected chi connectivity index (χ4v) is 13.5. The number of benzene rings is 11. The lowest BCUT2D eigenvalue weighted by Gasteiger charge is -2.37. The molecule has 1 aromatic heterocycles. The summed E-state index contributed by atoms with van der Waals surface area (Å²) in [6, 6.07) is 99.8. The SMILES string of the molecule is C1=CC(C2(c3ccccc3)c3ccccc3-c3ccc(N(c4ccc(-c5ccccc5)cc4)c4ccc5c(c4)C(c4ccccc4)(c4ccccc4)c4cc(-n6ccc7c8ccccc8ccc76)ccc4-5)cc32)=CCC1. The first-order valence-electron chi connectivity index (χ1n) is 26.7. The monoisotopic (exact) mass is 968 g/mol. The zero-order valence-corrected chi connectivity index (χ0v) is 42.0. The van der Waals surface area contributed by atoms with Crippen LogP contribution >= 0.6 is 0 Å². The van der Waals surface area contributed by atoms with Crippen LogP contribution in [-0.2, 0) is 10.8 Å². The molecule has 0 aliphatic heterocycles. The Kier molecular flexibility index (Phi) is 10.2. The lowest BCUT2D eigenvalue weighted by Crippen LogP contribution is -2.30. The standard InChI is InChI=1S/C74H52N2/c1-6-20-51(21-7-1)52-34-37-58(38-35-52)76(60-40-43-64-63-32-18-19-33-68(63)73(70(64)49-60,54-23-8-2-9-24-54)55-25-10-3-11-26-55)61-41-44-66-65-42-39-59(75-47-46-67-62-31-17-16-22-53(62)36-45-72(67)75)48-69(65)74(71(66)50-61,56-27-12-4-13-28-56)57-29-14-5-15-30-57/h1-2,4-10,12-50H,3,11H2. The number of rotatable bonds is 9. The first-order valence-corrected chi connectivity index (χ1v) is 26.7. The molecule has 0 fully saturated rings. The molecule has 0 saturated heterocycles. The number of anilines is 3. The van der Waals surface area contributed by atoms with Gasteiger partial charge in [-0.3, -0.25) is 0 Å². The molecule has 1 heterocycles. The summed E-state index contributed by atoms with van der Waals surface area (Å²) in [6.45, 7) is 0. The normalized spacial score (nSPS) is 15.7. The fraction of sp³-hybridized carbons (Fsp3) is 0.0541. The summed E-state index contributed by atoms with van der Waals surface area (Å²) in [5, 5.41) is 3.77. The van der Waals surface area contributed by atoms with Gasteiger partial charge < -0.3 is 9.47 Å². The zero-order valence-electron chi connectivity index (χ0n) is 42.0. The minimum Gasteiger partial charge on any atom is -0.317 e. The number of nitrogens with zero attached hydrogens (tertiary/aromatic N) is 2. The molecule has 3 aliphatic rings. The van der Waals surface area contributed by atoms with Crippen molar-refractivity contribution in [2.24, 2.45) is 0 Å². The van der Waals surface area contributed by atoms with E-state index in [0.29, 0.717) is 0 Å². The summed E-state index contributed by atoms with van der Waals surface area (Å²) < 4.78 is 2.37. The molecule has 358 valence electrons. The van der Waals surface area contributed by atoms with Crippen molar-refractivity contribution < 1.29 is 0 Å². The molecule has 1 unspecified atom stereocenters. The Morgan fingerprint density at radius 2 is 0.882 bits per heavy atom. The predicted molar refractivity (Wildman–Crippen MR) is 316 cm³/mol. The molecular weight excluding hydrogens is 917 g/mol. The Labute approximate surface area is 444 Å². The second kappa shape index (κ2) is 17.6. The van der Waals surface area contributed by atoms with Gasteiger partial charge in [0.25, 0.3) is 0 Å². The van der Waals surface area contributed by atoms with Crippen molar-refractivity contribution in [3.8, 4) is 39.1 Å². The molecule has 76 heavy (non-hydrogen) atoms. The van der Waals surface area contributed by atoms with Gasteiger partial charge in [0.1, 0.15) is 0 Å². The molecule has 2 nitrogen and oxygen atoms in total. The largest absolute Gasteiger partial charge is 0.317 e. The molecule has 11 aromatic carbocycles.